The Kier molecular flexibility index (Phi) is 4.82. The molecular weight excluding hydrogens is 276 g/mol. The highest BCUT2D eigenvalue weighted by Crippen LogP contribution is 2.27. The molecule has 2 heterocycles. The smallest absolute Gasteiger partial charge is 0.267 e. The number of nitrogens with zero attached hydrogens (tertiary/aromatic N) is 2. The second-order valence-electron chi connectivity index (χ2n) is 5.32. The Morgan fingerprint density at radius 2 is 2.35 bits per heavy atom. The normalized spacial score (nSPS) is 20.0. The summed E-state index contributed by atoms with van der Waals surface area (Å²) in [4.78, 5) is 19.1. The van der Waals surface area contributed by atoms with Gasteiger partial charge in [-0.05, 0) is 27.2 Å². The van der Waals surface area contributed by atoms with Crippen LogP contribution in [-0.4, -0.2) is 47.6 Å². The average molecular weight is 298 g/mol. The van der Waals surface area contributed by atoms with Crippen molar-refractivity contribution in [3.05, 3.63) is 4.88 Å². The molecule has 20 heavy (non-hydrogen) atoms. The molecule has 1 unspecified atom stereocenters. The summed E-state index contributed by atoms with van der Waals surface area (Å²) in [7, 11) is 0. The Labute approximate surface area is 123 Å². The van der Waals surface area contributed by atoms with Crippen molar-refractivity contribution in [1.82, 2.24) is 9.88 Å². The van der Waals surface area contributed by atoms with Crippen molar-refractivity contribution in [2.75, 3.05) is 30.7 Å². The second-order valence-corrected chi connectivity index (χ2v) is 6.32. The SMILES string of the molecule is CC(C)Nc1nc(N)c(C(=O)N2CCCOC(C)C2)s1. The average Bonchev–Trinajstić information content (AvgIpc) is 2.58. The molecular formula is C13H22N4O2S. The first-order valence-corrected chi connectivity index (χ1v) is 7.72. The van der Waals surface area contributed by atoms with Gasteiger partial charge in [-0.3, -0.25) is 4.79 Å². The number of rotatable bonds is 3. The number of aromatic nitrogens is 1. The summed E-state index contributed by atoms with van der Waals surface area (Å²) >= 11 is 1.32. The molecule has 7 heteroatoms. The van der Waals surface area contributed by atoms with E-state index in [2.05, 4.69) is 10.3 Å². The summed E-state index contributed by atoms with van der Waals surface area (Å²) in [6.07, 6.45) is 0.912. The Morgan fingerprint density at radius 1 is 1.60 bits per heavy atom. The van der Waals surface area contributed by atoms with Gasteiger partial charge < -0.3 is 20.7 Å². The van der Waals surface area contributed by atoms with Crippen LogP contribution in [-0.2, 0) is 4.74 Å². The van der Waals surface area contributed by atoms with Crippen molar-refractivity contribution in [3.63, 3.8) is 0 Å². The van der Waals surface area contributed by atoms with Crippen molar-refractivity contribution in [2.24, 2.45) is 0 Å². The molecule has 1 amide bonds. The van der Waals surface area contributed by atoms with Gasteiger partial charge in [-0.2, -0.15) is 0 Å². The largest absolute Gasteiger partial charge is 0.382 e. The van der Waals surface area contributed by atoms with E-state index in [9.17, 15) is 4.79 Å². The van der Waals surface area contributed by atoms with E-state index in [-0.39, 0.29) is 18.1 Å². The van der Waals surface area contributed by atoms with Crippen LogP contribution in [0.3, 0.4) is 0 Å². The summed E-state index contributed by atoms with van der Waals surface area (Å²) in [5.74, 6) is 0.259. The number of nitrogens with two attached hydrogens (primary N) is 1. The molecule has 1 saturated heterocycles. The van der Waals surface area contributed by atoms with Crippen molar-refractivity contribution in [2.45, 2.75) is 39.3 Å². The van der Waals surface area contributed by atoms with Gasteiger partial charge in [0, 0.05) is 25.7 Å². The molecule has 1 aromatic heterocycles. The molecule has 0 spiro atoms. The topological polar surface area (TPSA) is 80.5 Å². The molecule has 0 aliphatic carbocycles. The number of nitrogen functional groups attached to an aromatic ring is 1. The fraction of sp³-hybridized carbons (Fsp3) is 0.692. The number of carbonyl (C=O) groups excluding carboxylic acids is 1. The lowest BCUT2D eigenvalue weighted by molar-refractivity contribution is 0.0566. The van der Waals surface area contributed by atoms with Gasteiger partial charge in [-0.25, -0.2) is 4.98 Å². The first-order chi connectivity index (χ1) is 9.47. The molecule has 1 aliphatic rings. The molecule has 1 aliphatic heterocycles. The minimum atomic E-state index is -0.0471. The molecule has 2 rings (SSSR count). The van der Waals surface area contributed by atoms with Crippen molar-refractivity contribution >= 4 is 28.2 Å². The third-order valence-electron chi connectivity index (χ3n) is 3.00. The van der Waals surface area contributed by atoms with Crippen LogP contribution >= 0.6 is 11.3 Å². The summed E-state index contributed by atoms with van der Waals surface area (Å²) in [6, 6.07) is 0.259. The zero-order chi connectivity index (χ0) is 14.7. The Balaban J connectivity index is 2.13. The maximum Gasteiger partial charge on any atom is 0.267 e. The third-order valence-corrected chi connectivity index (χ3v) is 3.99. The molecule has 6 nitrogen and oxygen atoms in total. The summed E-state index contributed by atoms with van der Waals surface area (Å²) in [5, 5.41) is 3.87. The molecule has 112 valence electrons. The van der Waals surface area contributed by atoms with E-state index in [0.29, 0.717) is 35.5 Å². The van der Waals surface area contributed by atoms with Crippen LogP contribution in [0.25, 0.3) is 0 Å². The van der Waals surface area contributed by atoms with Crippen molar-refractivity contribution in [3.8, 4) is 0 Å². The predicted octanol–water partition coefficient (Wildman–Crippen LogP) is 1.80. The Bertz CT molecular complexity index is 475. The van der Waals surface area contributed by atoms with Gasteiger partial charge in [0.05, 0.1) is 6.10 Å². The van der Waals surface area contributed by atoms with Gasteiger partial charge in [-0.15, -0.1) is 0 Å². The standard InChI is InChI=1S/C13H22N4O2S/c1-8(2)15-13-16-11(14)10(20-13)12(18)17-5-4-6-19-9(3)7-17/h8-9H,4-7,14H2,1-3H3,(H,15,16). The molecule has 0 aromatic carbocycles. The molecule has 0 saturated carbocycles. The fourth-order valence-electron chi connectivity index (χ4n) is 2.12. The highest BCUT2D eigenvalue weighted by atomic mass is 32.1. The molecule has 0 radical (unpaired) electrons. The predicted molar refractivity (Wildman–Crippen MR) is 81.2 cm³/mol. The lowest BCUT2D eigenvalue weighted by atomic mass is 10.3. The summed E-state index contributed by atoms with van der Waals surface area (Å²) < 4.78 is 5.56. The van der Waals surface area contributed by atoms with Gasteiger partial charge in [-0.1, -0.05) is 11.3 Å². The fourth-order valence-corrected chi connectivity index (χ4v) is 3.11. The van der Waals surface area contributed by atoms with Gasteiger partial charge in [0.25, 0.3) is 5.91 Å². The van der Waals surface area contributed by atoms with E-state index < -0.39 is 0 Å². The lowest BCUT2D eigenvalue weighted by Gasteiger charge is -2.21. The number of anilines is 2. The van der Waals surface area contributed by atoms with E-state index >= 15 is 0 Å². The van der Waals surface area contributed by atoms with Crippen LogP contribution < -0.4 is 11.1 Å². The van der Waals surface area contributed by atoms with Crippen LogP contribution in [0.15, 0.2) is 0 Å². The highest BCUT2D eigenvalue weighted by Gasteiger charge is 2.25. The number of amides is 1. The number of hydrogen-bond donors (Lipinski definition) is 2. The minimum absolute atomic E-state index is 0.0471. The minimum Gasteiger partial charge on any atom is -0.382 e. The molecule has 1 fully saturated rings. The van der Waals surface area contributed by atoms with Gasteiger partial charge in [0.2, 0.25) is 0 Å². The number of ether oxygens (including phenoxy) is 1. The quantitative estimate of drug-likeness (QED) is 0.889. The van der Waals surface area contributed by atoms with Gasteiger partial charge in [0.1, 0.15) is 10.7 Å². The molecule has 3 N–H and O–H groups in total. The van der Waals surface area contributed by atoms with E-state index in [1.807, 2.05) is 20.8 Å². The third kappa shape index (κ3) is 3.61. The number of thiazole rings is 1. The lowest BCUT2D eigenvalue weighted by Crippen LogP contribution is -2.35. The van der Waals surface area contributed by atoms with E-state index in [0.717, 1.165) is 6.42 Å². The molecule has 1 aromatic rings. The van der Waals surface area contributed by atoms with Crippen LogP contribution in [0.4, 0.5) is 10.9 Å². The Morgan fingerprint density at radius 3 is 3.05 bits per heavy atom. The molecule has 0 bridgehead atoms. The number of hydrogen-bond acceptors (Lipinski definition) is 6. The first-order valence-electron chi connectivity index (χ1n) is 6.91. The van der Waals surface area contributed by atoms with Crippen LogP contribution in [0.2, 0.25) is 0 Å². The monoisotopic (exact) mass is 298 g/mol. The summed E-state index contributed by atoms with van der Waals surface area (Å²) in [6.45, 7) is 8.02. The van der Waals surface area contributed by atoms with Crippen LogP contribution in [0.5, 0.6) is 0 Å². The van der Waals surface area contributed by atoms with Gasteiger partial charge in [0.15, 0.2) is 5.13 Å². The number of nitrogens with one attached hydrogen (secondary N) is 1. The van der Waals surface area contributed by atoms with Crippen LogP contribution in [0.1, 0.15) is 36.9 Å². The second kappa shape index (κ2) is 6.41. The maximum atomic E-state index is 12.6. The maximum absolute atomic E-state index is 12.6. The van der Waals surface area contributed by atoms with Crippen molar-refractivity contribution < 1.29 is 9.53 Å². The van der Waals surface area contributed by atoms with E-state index in [4.69, 9.17) is 10.5 Å². The summed E-state index contributed by atoms with van der Waals surface area (Å²) in [5.41, 5.74) is 5.88. The van der Waals surface area contributed by atoms with Gasteiger partial charge >= 0.3 is 0 Å². The van der Waals surface area contributed by atoms with E-state index in [1.165, 1.54) is 11.3 Å². The zero-order valence-corrected chi connectivity index (χ0v) is 13.0. The Hall–Kier alpha value is -1.34. The highest BCUT2D eigenvalue weighted by molar-refractivity contribution is 7.18. The van der Waals surface area contributed by atoms with E-state index in [1.54, 1.807) is 4.90 Å². The van der Waals surface area contributed by atoms with Crippen LogP contribution in [0, 0.1) is 0 Å². The number of carbonyl (C=O) groups is 1. The molecule has 1 atom stereocenters. The zero-order valence-electron chi connectivity index (χ0n) is 12.2. The van der Waals surface area contributed by atoms with Crippen molar-refractivity contribution in [1.29, 1.82) is 0 Å². The first kappa shape index (κ1) is 15.1.